The third-order valence-corrected chi connectivity index (χ3v) is 4.07. The molecule has 0 aromatic heterocycles. The van der Waals surface area contributed by atoms with E-state index >= 15 is 0 Å². The summed E-state index contributed by atoms with van der Waals surface area (Å²) < 4.78 is 0. The molecule has 0 radical (unpaired) electrons. The Morgan fingerprint density at radius 2 is 1.84 bits per heavy atom. The first-order valence-corrected chi connectivity index (χ1v) is 7.41. The lowest BCUT2D eigenvalue weighted by atomic mass is 10.1. The fraction of sp³-hybridized carbons (Fsp3) is 0.625. The largest absolute Gasteiger partial charge is 0.316 e. The lowest BCUT2D eigenvalue weighted by molar-refractivity contribution is 0.0834. The summed E-state index contributed by atoms with van der Waals surface area (Å²) in [4.78, 5) is 5.14. The maximum absolute atomic E-state index is 3.19. The Labute approximate surface area is 117 Å². The summed E-state index contributed by atoms with van der Waals surface area (Å²) in [5.74, 6) is 0. The van der Waals surface area contributed by atoms with Crippen molar-refractivity contribution in [3.63, 3.8) is 0 Å². The molecule has 0 bridgehead atoms. The maximum atomic E-state index is 3.19. The van der Waals surface area contributed by atoms with Crippen molar-refractivity contribution in [2.45, 2.75) is 33.0 Å². The highest BCUT2D eigenvalue weighted by molar-refractivity contribution is 5.22. The number of nitrogens with zero attached hydrogens (tertiary/aromatic N) is 2. The summed E-state index contributed by atoms with van der Waals surface area (Å²) in [7, 11) is 1.99. The number of likely N-dealkylation sites (N-methyl/N-ethyl adjacent to an activating group) is 1. The molecule has 1 aliphatic heterocycles. The Bertz CT molecular complexity index is 374. The molecule has 2 rings (SSSR count). The smallest absolute Gasteiger partial charge is 0.0234 e. The van der Waals surface area contributed by atoms with Crippen LogP contribution < -0.4 is 5.32 Å². The van der Waals surface area contributed by atoms with Crippen molar-refractivity contribution in [2.24, 2.45) is 0 Å². The lowest BCUT2D eigenvalue weighted by Crippen LogP contribution is -2.51. The van der Waals surface area contributed by atoms with E-state index in [0.29, 0.717) is 6.04 Å². The zero-order chi connectivity index (χ0) is 13.7. The molecule has 0 spiro atoms. The summed E-state index contributed by atoms with van der Waals surface area (Å²) in [5.41, 5.74) is 2.78. The van der Waals surface area contributed by atoms with Crippen LogP contribution >= 0.6 is 0 Å². The number of rotatable bonds is 5. The summed E-state index contributed by atoms with van der Waals surface area (Å²) in [6.07, 6.45) is 0. The van der Waals surface area contributed by atoms with Gasteiger partial charge in [-0.15, -0.1) is 0 Å². The van der Waals surface area contributed by atoms with E-state index in [4.69, 9.17) is 0 Å². The molecule has 0 saturated carbocycles. The topological polar surface area (TPSA) is 18.5 Å². The first kappa shape index (κ1) is 14.5. The van der Waals surface area contributed by atoms with Gasteiger partial charge in [-0.05, 0) is 31.6 Å². The molecular formula is C16H27N3. The molecule has 0 amide bonds. The van der Waals surface area contributed by atoms with Crippen molar-refractivity contribution in [1.82, 2.24) is 15.1 Å². The van der Waals surface area contributed by atoms with Crippen molar-refractivity contribution in [1.29, 1.82) is 0 Å². The molecule has 1 atom stereocenters. The van der Waals surface area contributed by atoms with E-state index in [0.717, 1.165) is 13.1 Å². The third kappa shape index (κ3) is 4.03. The first-order valence-electron chi connectivity index (χ1n) is 7.41. The van der Waals surface area contributed by atoms with Crippen LogP contribution in [0.3, 0.4) is 0 Å². The molecule has 3 nitrogen and oxygen atoms in total. The quantitative estimate of drug-likeness (QED) is 0.874. The van der Waals surface area contributed by atoms with Crippen LogP contribution in [0.1, 0.15) is 25.0 Å². The van der Waals surface area contributed by atoms with Gasteiger partial charge < -0.3 is 5.32 Å². The Balaban J connectivity index is 1.87. The fourth-order valence-corrected chi connectivity index (χ4v) is 2.91. The highest BCUT2D eigenvalue weighted by Crippen LogP contribution is 2.13. The van der Waals surface area contributed by atoms with Crippen molar-refractivity contribution in [2.75, 3.05) is 33.2 Å². The number of hydrogen-bond donors (Lipinski definition) is 1. The van der Waals surface area contributed by atoms with E-state index in [1.807, 2.05) is 7.05 Å². The van der Waals surface area contributed by atoms with Gasteiger partial charge in [0.1, 0.15) is 0 Å². The highest BCUT2D eigenvalue weighted by Gasteiger charge is 2.21. The van der Waals surface area contributed by atoms with Gasteiger partial charge in [-0.1, -0.05) is 31.2 Å². The van der Waals surface area contributed by atoms with E-state index in [-0.39, 0.29) is 0 Å². The van der Waals surface area contributed by atoms with Gasteiger partial charge in [0.05, 0.1) is 0 Å². The minimum atomic E-state index is 0.683. The Morgan fingerprint density at radius 1 is 1.16 bits per heavy atom. The van der Waals surface area contributed by atoms with Crippen molar-refractivity contribution >= 4 is 0 Å². The van der Waals surface area contributed by atoms with Crippen LogP contribution in [0.2, 0.25) is 0 Å². The molecule has 3 heteroatoms. The summed E-state index contributed by atoms with van der Waals surface area (Å²) >= 11 is 0. The highest BCUT2D eigenvalue weighted by atomic mass is 15.3. The predicted molar refractivity (Wildman–Crippen MR) is 81.2 cm³/mol. The molecule has 1 heterocycles. The Kier molecular flexibility index (Phi) is 5.37. The van der Waals surface area contributed by atoms with Crippen LogP contribution in [0.4, 0.5) is 0 Å². The minimum absolute atomic E-state index is 0.683. The van der Waals surface area contributed by atoms with Gasteiger partial charge in [0.2, 0.25) is 0 Å². The van der Waals surface area contributed by atoms with Crippen molar-refractivity contribution in [3.05, 3.63) is 35.4 Å². The van der Waals surface area contributed by atoms with Gasteiger partial charge in [0, 0.05) is 38.8 Å². The second-order valence-electron chi connectivity index (χ2n) is 5.56. The summed E-state index contributed by atoms with van der Waals surface area (Å²) in [6, 6.07) is 9.68. The average molecular weight is 261 g/mol. The third-order valence-electron chi connectivity index (χ3n) is 4.07. The molecule has 1 N–H and O–H groups in total. The van der Waals surface area contributed by atoms with Gasteiger partial charge in [-0.2, -0.15) is 0 Å². The molecule has 1 fully saturated rings. The van der Waals surface area contributed by atoms with Gasteiger partial charge in [0.25, 0.3) is 0 Å². The van der Waals surface area contributed by atoms with Crippen molar-refractivity contribution < 1.29 is 0 Å². The fourth-order valence-electron chi connectivity index (χ4n) is 2.91. The normalized spacial score (nSPS) is 21.7. The summed E-state index contributed by atoms with van der Waals surface area (Å²) in [6.45, 7) is 11.4. The van der Waals surface area contributed by atoms with Crippen molar-refractivity contribution in [3.8, 4) is 0 Å². The van der Waals surface area contributed by atoms with Crippen LogP contribution in [0.5, 0.6) is 0 Å². The van der Waals surface area contributed by atoms with Crippen LogP contribution in [0.15, 0.2) is 24.3 Å². The number of benzene rings is 1. The molecule has 1 unspecified atom stereocenters. The van der Waals surface area contributed by atoms with Gasteiger partial charge >= 0.3 is 0 Å². The average Bonchev–Trinajstić information content (AvgIpc) is 2.42. The van der Waals surface area contributed by atoms with E-state index in [9.17, 15) is 0 Å². The maximum Gasteiger partial charge on any atom is 0.0234 e. The Morgan fingerprint density at radius 3 is 2.42 bits per heavy atom. The number of hydrogen-bond acceptors (Lipinski definition) is 3. The molecule has 19 heavy (non-hydrogen) atoms. The zero-order valence-electron chi connectivity index (χ0n) is 12.5. The van der Waals surface area contributed by atoms with Crippen LogP contribution in [0.25, 0.3) is 0 Å². The zero-order valence-corrected chi connectivity index (χ0v) is 12.5. The molecule has 1 aromatic rings. The molecule has 0 aliphatic carbocycles. The molecule has 1 aliphatic rings. The SMILES string of the molecule is CCN1CCN(Cc2ccc(CNC)cc2)CC1C. The molecular weight excluding hydrogens is 234 g/mol. The van der Waals surface area contributed by atoms with E-state index < -0.39 is 0 Å². The second-order valence-corrected chi connectivity index (χ2v) is 5.56. The molecule has 106 valence electrons. The van der Waals surface area contributed by atoms with Crippen LogP contribution in [-0.2, 0) is 13.1 Å². The van der Waals surface area contributed by atoms with E-state index in [2.05, 4.69) is 53.2 Å². The second kappa shape index (κ2) is 7.04. The molecule has 1 saturated heterocycles. The lowest BCUT2D eigenvalue weighted by Gasteiger charge is -2.39. The number of piperazine rings is 1. The van der Waals surface area contributed by atoms with Gasteiger partial charge in [0.15, 0.2) is 0 Å². The summed E-state index contributed by atoms with van der Waals surface area (Å²) in [5, 5.41) is 3.19. The van der Waals surface area contributed by atoms with Crippen LogP contribution in [-0.4, -0.2) is 49.1 Å². The number of nitrogens with one attached hydrogen (secondary N) is 1. The minimum Gasteiger partial charge on any atom is -0.316 e. The first-order chi connectivity index (χ1) is 9.22. The Hall–Kier alpha value is -0.900. The monoisotopic (exact) mass is 261 g/mol. The van der Waals surface area contributed by atoms with Crippen LogP contribution in [0, 0.1) is 0 Å². The predicted octanol–water partition coefficient (Wildman–Crippen LogP) is 1.93. The van der Waals surface area contributed by atoms with Gasteiger partial charge in [-0.25, -0.2) is 0 Å². The van der Waals surface area contributed by atoms with E-state index in [1.54, 1.807) is 0 Å². The standard InChI is InChI=1S/C16H27N3/c1-4-19-10-9-18(12-14(19)2)13-16-7-5-15(6-8-16)11-17-3/h5-8,14,17H,4,9-13H2,1-3H3. The molecule has 1 aromatic carbocycles. The van der Waals surface area contributed by atoms with E-state index in [1.165, 1.54) is 37.3 Å². The van der Waals surface area contributed by atoms with Gasteiger partial charge in [-0.3, -0.25) is 9.80 Å².